The lowest BCUT2D eigenvalue weighted by Crippen LogP contribution is -2.49. The molecule has 75 heavy (non-hydrogen) atoms. The summed E-state index contributed by atoms with van der Waals surface area (Å²) in [5.74, 6) is 7.61. The zero-order chi connectivity index (χ0) is 54.6. The number of ether oxygens (including phenoxy) is 1. The average molecular weight is 1040 g/mol. The van der Waals surface area contributed by atoms with Crippen molar-refractivity contribution in [3.63, 3.8) is 0 Å². The number of hydrogen-bond donors (Lipinski definition) is 2. The van der Waals surface area contributed by atoms with E-state index in [0.717, 1.165) is 52.7 Å². The highest BCUT2D eigenvalue weighted by Gasteiger charge is 2.31. The topological polar surface area (TPSA) is 242 Å². The summed E-state index contributed by atoms with van der Waals surface area (Å²) in [5.41, 5.74) is 2.87. The fraction of sp³-hybridized carbons (Fsp3) is 0.431. The summed E-state index contributed by atoms with van der Waals surface area (Å²) >= 11 is 0. The number of aromatic nitrogens is 8. The van der Waals surface area contributed by atoms with Crippen LogP contribution in [0, 0.1) is 69.6 Å². The van der Waals surface area contributed by atoms with E-state index in [1.807, 2.05) is 9.80 Å². The molecule has 392 valence electrons. The number of hydrogen-bond acceptors (Lipinski definition) is 13. The number of rotatable bonds is 9. The lowest BCUT2D eigenvalue weighted by atomic mass is 10.1. The molecule has 2 aliphatic rings. The first-order chi connectivity index (χ1) is 35.6. The largest absolute Gasteiger partial charge is 0.444 e. The summed E-state index contributed by atoms with van der Waals surface area (Å²) in [6.45, 7) is 10.3. The molecule has 2 aromatic carbocycles. The number of nitriles is 2. The van der Waals surface area contributed by atoms with Crippen LogP contribution in [0.5, 0.6) is 0 Å². The number of nitrogens with two attached hydrogens (primary N) is 1. The molecule has 0 aliphatic carbocycles. The third-order valence-electron chi connectivity index (χ3n) is 12.6. The Kier molecular flexibility index (Phi) is 16.1. The van der Waals surface area contributed by atoms with E-state index < -0.39 is 70.6 Å². The number of fused-ring (bicyclic) bond motifs is 2. The number of amides is 1. The summed E-state index contributed by atoms with van der Waals surface area (Å²) in [6, 6.07) is 6.38. The van der Waals surface area contributed by atoms with Crippen molar-refractivity contribution >= 4 is 40.3 Å². The van der Waals surface area contributed by atoms with Gasteiger partial charge < -0.3 is 25.6 Å². The maximum Gasteiger partial charge on any atom is 0.407 e. The number of nitrogens with zero attached hydrogens (tertiary/aromatic N) is 12. The molecule has 4 aromatic heterocycles. The molecule has 0 bridgehead atoms. The van der Waals surface area contributed by atoms with E-state index in [2.05, 4.69) is 39.0 Å². The number of anilines is 2. The van der Waals surface area contributed by atoms with Gasteiger partial charge in [0.05, 0.1) is 49.4 Å². The van der Waals surface area contributed by atoms with Gasteiger partial charge in [-0.05, 0) is 95.7 Å². The molecule has 2 atom stereocenters. The Labute approximate surface area is 426 Å². The molecule has 0 unspecified atom stereocenters. The van der Waals surface area contributed by atoms with Crippen molar-refractivity contribution in [3.8, 4) is 35.8 Å². The van der Waals surface area contributed by atoms with E-state index >= 15 is 0 Å². The van der Waals surface area contributed by atoms with Gasteiger partial charge >= 0.3 is 17.5 Å². The molecular weight excluding hydrogens is 981 g/mol. The van der Waals surface area contributed by atoms with Gasteiger partial charge in [0.15, 0.2) is 45.6 Å². The van der Waals surface area contributed by atoms with E-state index in [4.69, 9.17) is 10.5 Å². The van der Waals surface area contributed by atoms with Crippen LogP contribution >= 0.6 is 0 Å². The van der Waals surface area contributed by atoms with E-state index in [1.165, 1.54) is 23.2 Å². The van der Waals surface area contributed by atoms with Crippen molar-refractivity contribution in [2.75, 3.05) is 36.0 Å². The molecular formula is C51H54F4N14O6. The Morgan fingerprint density at radius 2 is 1.13 bits per heavy atom. The lowest BCUT2D eigenvalue weighted by molar-refractivity contribution is 0.0499. The van der Waals surface area contributed by atoms with E-state index in [-0.39, 0.29) is 69.8 Å². The third kappa shape index (κ3) is 11.3. The second-order valence-corrected chi connectivity index (χ2v) is 19.0. The first-order valence-corrected chi connectivity index (χ1v) is 23.8. The van der Waals surface area contributed by atoms with Gasteiger partial charge in [0.2, 0.25) is 11.9 Å². The number of piperidine rings is 2. The van der Waals surface area contributed by atoms with Crippen molar-refractivity contribution in [1.82, 2.24) is 42.7 Å². The van der Waals surface area contributed by atoms with Crippen LogP contribution in [-0.2, 0) is 45.0 Å². The molecule has 2 saturated heterocycles. The van der Waals surface area contributed by atoms with Gasteiger partial charge in [-0.2, -0.15) is 20.5 Å². The molecule has 0 radical (unpaired) electrons. The third-order valence-corrected chi connectivity index (χ3v) is 12.6. The first-order valence-electron chi connectivity index (χ1n) is 23.8. The Balaban J connectivity index is 0.000000222. The van der Waals surface area contributed by atoms with Crippen molar-refractivity contribution in [1.29, 1.82) is 10.5 Å². The van der Waals surface area contributed by atoms with Crippen LogP contribution in [0.15, 0.2) is 43.4 Å². The highest BCUT2D eigenvalue weighted by Crippen LogP contribution is 2.26. The van der Waals surface area contributed by atoms with Gasteiger partial charge in [-0.25, -0.2) is 31.9 Å². The Morgan fingerprint density at radius 3 is 1.55 bits per heavy atom. The fourth-order valence-electron chi connectivity index (χ4n) is 9.03. The van der Waals surface area contributed by atoms with Gasteiger partial charge in [-0.1, -0.05) is 11.8 Å². The average Bonchev–Trinajstić information content (AvgIpc) is 3.95. The number of nitrogens with one attached hydrogen (secondary N) is 1. The van der Waals surface area contributed by atoms with Crippen LogP contribution < -0.4 is 43.3 Å². The highest BCUT2D eigenvalue weighted by atomic mass is 19.2. The molecule has 3 N–H and O–H groups in total. The van der Waals surface area contributed by atoms with Gasteiger partial charge in [0.1, 0.15) is 5.60 Å². The Bertz CT molecular complexity index is 3710. The molecule has 0 spiro atoms. The molecule has 2 aliphatic heterocycles. The number of alkyl carbamates (subject to hydrolysis) is 1. The second-order valence-electron chi connectivity index (χ2n) is 19.0. The molecule has 6 heterocycles. The zero-order valence-electron chi connectivity index (χ0n) is 42.4. The molecule has 20 nitrogen and oxygen atoms in total. The maximum atomic E-state index is 14.0. The number of imidazole rings is 2. The SMILES string of the molecule is CC#CCn1c(N2CCC[C@@H](N)C2)nc2c1c(=O)n(Cc1cc(F)c(F)cc1C#N)c(=O)n2C.CC#CCn1c(N2CCC[C@@H](NC(=O)OC(C)(C)C)C2)nc2c1c(=O)n(Cc1cc(F)c(F)cc1C#N)c(=O)n2C. The highest BCUT2D eigenvalue weighted by molar-refractivity contribution is 5.76. The van der Waals surface area contributed by atoms with E-state index in [1.54, 1.807) is 55.9 Å². The second kappa shape index (κ2) is 22.2. The van der Waals surface area contributed by atoms with Crippen LogP contribution in [0.25, 0.3) is 22.3 Å². The number of benzene rings is 2. The minimum atomic E-state index is -1.21. The summed E-state index contributed by atoms with van der Waals surface area (Å²) < 4.78 is 68.0. The van der Waals surface area contributed by atoms with Gasteiger partial charge in [0.25, 0.3) is 11.1 Å². The number of halogens is 4. The summed E-state index contributed by atoms with van der Waals surface area (Å²) in [5, 5.41) is 21.6. The smallest absolute Gasteiger partial charge is 0.407 e. The van der Waals surface area contributed by atoms with Crippen molar-refractivity contribution in [2.45, 2.75) is 104 Å². The molecule has 6 aromatic rings. The molecule has 8 rings (SSSR count). The minimum absolute atomic E-state index is 0.0154. The van der Waals surface area contributed by atoms with Gasteiger partial charge in [-0.15, -0.1) is 11.8 Å². The standard InChI is InChI=1S/C28H31F2N7O4.C23H23F2N7O2/c1-6-7-11-36-22-23(33-25(36)35-10-8-9-19(16-35)32-26(39)41-28(2,3)4)34(5)27(40)37(24(22)38)15-18-13-21(30)20(29)12-17(18)14-31;1-3-4-8-31-19-20(28-22(31)30-7-5-6-16(27)13-30)29(2)23(34)32(21(19)33)12-15-10-18(25)17(24)9-14(15)11-26/h12-13,19H,8-11,15-16H2,1-5H3,(H,32,39);9-10,16H,5-8,12-13,27H2,1-2H3/t19-;16-/m11/s1. The summed E-state index contributed by atoms with van der Waals surface area (Å²) in [4.78, 5) is 79.2. The monoisotopic (exact) mass is 1030 g/mol. The van der Waals surface area contributed by atoms with E-state index in [9.17, 15) is 52.1 Å². The molecule has 24 heteroatoms. The van der Waals surface area contributed by atoms with Crippen LogP contribution in [-0.4, -0.2) is 87.3 Å². The summed E-state index contributed by atoms with van der Waals surface area (Å²) in [7, 11) is 2.93. The van der Waals surface area contributed by atoms with Crippen LogP contribution in [0.1, 0.15) is 82.6 Å². The van der Waals surface area contributed by atoms with Crippen LogP contribution in [0.2, 0.25) is 0 Å². The van der Waals surface area contributed by atoms with Gasteiger partial charge in [0, 0.05) is 52.4 Å². The number of aryl methyl sites for hydroxylation is 2. The Morgan fingerprint density at radius 1 is 0.707 bits per heavy atom. The van der Waals surface area contributed by atoms with Crippen LogP contribution in [0.3, 0.4) is 0 Å². The minimum Gasteiger partial charge on any atom is -0.444 e. The predicted octanol–water partition coefficient (Wildman–Crippen LogP) is 3.66. The fourth-order valence-corrected chi connectivity index (χ4v) is 9.03. The predicted molar refractivity (Wildman–Crippen MR) is 270 cm³/mol. The van der Waals surface area contributed by atoms with Crippen molar-refractivity contribution < 1.29 is 27.1 Å². The van der Waals surface area contributed by atoms with Crippen molar-refractivity contribution in [2.24, 2.45) is 19.8 Å². The number of carbonyl (C=O) groups excluding carboxylic acids is 1. The van der Waals surface area contributed by atoms with Crippen LogP contribution in [0.4, 0.5) is 34.3 Å². The summed E-state index contributed by atoms with van der Waals surface area (Å²) in [6.07, 6.45) is 2.64. The normalized spacial score (nSPS) is 15.5. The molecule has 0 saturated carbocycles. The van der Waals surface area contributed by atoms with Crippen molar-refractivity contribution in [3.05, 3.63) is 111 Å². The Hall–Kier alpha value is -8.61. The maximum absolute atomic E-state index is 14.0. The molecule has 1 amide bonds. The lowest BCUT2D eigenvalue weighted by Gasteiger charge is -2.34. The van der Waals surface area contributed by atoms with E-state index in [0.29, 0.717) is 44.5 Å². The zero-order valence-corrected chi connectivity index (χ0v) is 42.4. The first kappa shape index (κ1) is 54.2. The molecule has 2 fully saturated rings. The van der Waals surface area contributed by atoms with Gasteiger partial charge in [-0.3, -0.25) is 37.0 Å². The number of carbonyl (C=O) groups is 1. The quantitative estimate of drug-likeness (QED) is 0.155.